The van der Waals surface area contributed by atoms with Crippen molar-refractivity contribution in [2.45, 2.75) is 40.2 Å². The molecule has 0 spiro atoms. The Balaban J connectivity index is 1.64. The first kappa shape index (κ1) is 19.7. The SMILES string of the molecule is CC(C)c1ccccc1NC(=O)C(C)(C)C(=O)NCc1ccc2c(c1)OCO2. The molecule has 0 saturated heterocycles. The Morgan fingerprint density at radius 2 is 1.75 bits per heavy atom. The first-order valence-corrected chi connectivity index (χ1v) is 9.36. The molecule has 28 heavy (non-hydrogen) atoms. The van der Waals surface area contributed by atoms with Crippen LogP contribution >= 0.6 is 0 Å². The fraction of sp³-hybridized carbons (Fsp3) is 0.364. The Bertz CT molecular complexity index is 890. The highest BCUT2D eigenvalue weighted by molar-refractivity contribution is 6.10. The normalized spacial score (nSPS) is 12.8. The van der Waals surface area contributed by atoms with Crippen LogP contribution in [0, 0.1) is 5.41 Å². The number of carbonyl (C=O) groups is 2. The van der Waals surface area contributed by atoms with Crippen molar-refractivity contribution < 1.29 is 19.1 Å². The number of para-hydroxylation sites is 1. The van der Waals surface area contributed by atoms with Gasteiger partial charge in [-0.2, -0.15) is 0 Å². The van der Waals surface area contributed by atoms with Crippen molar-refractivity contribution >= 4 is 17.5 Å². The van der Waals surface area contributed by atoms with Crippen LogP contribution in [0.1, 0.15) is 44.7 Å². The molecule has 1 aliphatic heterocycles. The predicted octanol–water partition coefficient (Wildman–Crippen LogP) is 3.82. The third kappa shape index (κ3) is 4.11. The topological polar surface area (TPSA) is 76.7 Å². The molecule has 6 nitrogen and oxygen atoms in total. The van der Waals surface area contributed by atoms with E-state index in [0.29, 0.717) is 18.0 Å². The molecule has 0 saturated carbocycles. The van der Waals surface area contributed by atoms with Crippen molar-refractivity contribution in [1.29, 1.82) is 0 Å². The third-order valence-electron chi connectivity index (χ3n) is 4.86. The highest BCUT2D eigenvalue weighted by Gasteiger charge is 2.36. The van der Waals surface area contributed by atoms with Gasteiger partial charge in [0.2, 0.25) is 18.6 Å². The standard InChI is InChI=1S/C22H26N2O4/c1-14(2)16-7-5-6-8-17(16)24-21(26)22(3,4)20(25)23-12-15-9-10-18-19(11-15)28-13-27-18/h5-11,14H,12-13H2,1-4H3,(H,23,25)(H,24,26). The molecule has 1 aliphatic rings. The molecule has 2 amide bonds. The average molecular weight is 382 g/mol. The molecule has 2 N–H and O–H groups in total. The lowest BCUT2D eigenvalue weighted by Gasteiger charge is -2.24. The predicted molar refractivity (Wildman–Crippen MR) is 107 cm³/mol. The van der Waals surface area contributed by atoms with E-state index in [4.69, 9.17) is 9.47 Å². The van der Waals surface area contributed by atoms with Gasteiger partial charge in [0, 0.05) is 12.2 Å². The lowest BCUT2D eigenvalue weighted by molar-refractivity contribution is -0.138. The molecule has 148 valence electrons. The quantitative estimate of drug-likeness (QED) is 0.745. The second-order valence-corrected chi connectivity index (χ2v) is 7.69. The zero-order valence-corrected chi connectivity index (χ0v) is 16.7. The number of carbonyl (C=O) groups excluding carboxylic acids is 2. The highest BCUT2D eigenvalue weighted by Crippen LogP contribution is 2.32. The van der Waals surface area contributed by atoms with E-state index in [2.05, 4.69) is 24.5 Å². The lowest BCUT2D eigenvalue weighted by atomic mass is 9.90. The summed E-state index contributed by atoms with van der Waals surface area (Å²) >= 11 is 0. The van der Waals surface area contributed by atoms with E-state index in [0.717, 1.165) is 16.8 Å². The van der Waals surface area contributed by atoms with Crippen molar-refractivity contribution in [2.24, 2.45) is 5.41 Å². The summed E-state index contributed by atoms with van der Waals surface area (Å²) in [5.74, 6) is 0.931. The van der Waals surface area contributed by atoms with Crippen LogP contribution in [-0.4, -0.2) is 18.6 Å². The van der Waals surface area contributed by atoms with Crippen molar-refractivity contribution in [3.8, 4) is 11.5 Å². The second-order valence-electron chi connectivity index (χ2n) is 7.69. The molecule has 0 radical (unpaired) electrons. The maximum absolute atomic E-state index is 12.8. The van der Waals surface area contributed by atoms with Gasteiger partial charge in [-0.1, -0.05) is 38.1 Å². The van der Waals surface area contributed by atoms with Gasteiger partial charge in [-0.3, -0.25) is 9.59 Å². The Kier molecular flexibility index (Phi) is 5.58. The molecular weight excluding hydrogens is 356 g/mol. The summed E-state index contributed by atoms with van der Waals surface area (Å²) in [6.07, 6.45) is 0. The minimum absolute atomic E-state index is 0.205. The van der Waals surface area contributed by atoms with Crippen LogP contribution in [0.15, 0.2) is 42.5 Å². The van der Waals surface area contributed by atoms with Gasteiger partial charge in [-0.05, 0) is 49.1 Å². The fourth-order valence-corrected chi connectivity index (χ4v) is 2.95. The minimum Gasteiger partial charge on any atom is -0.454 e. The number of nitrogens with one attached hydrogen (secondary N) is 2. The van der Waals surface area contributed by atoms with Gasteiger partial charge in [0.15, 0.2) is 11.5 Å². The van der Waals surface area contributed by atoms with E-state index in [1.54, 1.807) is 13.8 Å². The molecule has 2 aromatic carbocycles. The van der Waals surface area contributed by atoms with Crippen LogP contribution in [0.5, 0.6) is 11.5 Å². The van der Waals surface area contributed by atoms with Gasteiger partial charge >= 0.3 is 0 Å². The van der Waals surface area contributed by atoms with E-state index >= 15 is 0 Å². The summed E-state index contributed by atoms with van der Waals surface area (Å²) in [5.41, 5.74) is 1.42. The summed E-state index contributed by atoms with van der Waals surface area (Å²) in [5, 5.41) is 5.75. The van der Waals surface area contributed by atoms with Gasteiger partial charge in [0.05, 0.1) is 0 Å². The van der Waals surface area contributed by atoms with Crippen LogP contribution < -0.4 is 20.1 Å². The maximum atomic E-state index is 12.8. The van der Waals surface area contributed by atoms with Gasteiger partial charge in [-0.25, -0.2) is 0 Å². The second kappa shape index (κ2) is 7.92. The van der Waals surface area contributed by atoms with Crippen molar-refractivity contribution in [3.63, 3.8) is 0 Å². The molecule has 1 heterocycles. The smallest absolute Gasteiger partial charge is 0.239 e. The Morgan fingerprint density at radius 3 is 2.50 bits per heavy atom. The van der Waals surface area contributed by atoms with E-state index in [-0.39, 0.29) is 24.5 Å². The van der Waals surface area contributed by atoms with E-state index in [1.807, 2.05) is 42.5 Å². The van der Waals surface area contributed by atoms with Crippen LogP contribution in [0.25, 0.3) is 0 Å². The first-order valence-electron chi connectivity index (χ1n) is 9.36. The summed E-state index contributed by atoms with van der Waals surface area (Å²) in [6.45, 7) is 7.87. The van der Waals surface area contributed by atoms with Crippen molar-refractivity contribution in [2.75, 3.05) is 12.1 Å². The maximum Gasteiger partial charge on any atom is 0.239 e. The Hall–Kier alpha value is -3.02. The van der Waals surface area contributed by atoms with Crippen LogP contribution in [-0.2, 0) is 16.1 Å². The van der Waals surface area contributed by atoms with E-state index < -0.39 is 5.41 Å². The molecule has 2 aromatic rings. The molecule has 6 heteroatoms. The average Bonchev–Trinajstić information content (AvgIpc) is 3.14. The van der Waals surface area contributed by atoms with Crippen molar-refractivity contribution in [3.05, 3.63) is 53.6 Å². The molecular formula is C22H26N2O4. The van der Waals surface area contributed by atoms with Crippen LogP contribution in [0.4, 0.5) is 5.69 Å². The van der Waals surface area contributed by atoms with Gasteiger partial charge < -0.3 is 20.1 Å². The van der Waals surface area contributed by atoms with E-state index in [1.165, 1.54) is 0 Å². The largest absolute Gasteiger partial charge is 0.454 e. The van der Waals surface area contributed by atoms with Crippen LogP contribution in [0.2, 0.25) is 0 Å². The molecule has 0 aromatic heterocycles. The van der Waals surface area contributed by atoms with Crippen molar-refractivity contribution in [1.82, 2.24) is 5.32 Å². The molecule has 0 fully saturated rings. The number of hydrogen-bond acceptors (Lipinski definition) is 4. The van der Waals surface area contributed by atoms with Gasteiger partial charge in [0.1, 0.15) is 5.41 Å². The van der Waals surface area contributed by atoms with Crippen LogP contribution in [0.3, 0.4) is 0 Å². The zero-order valence-electron chi connectivity index (χ0n) is 16.7. The summed E-state index contributed by atoms with van der Waals surface area (Å²) in [6, 6.07) is 13.1. The van der Waals surface area contributed by atoms with Gasteiger partial charge in [0.25, 0.3) is 0 Å². The Morgan fingerprint density at radius 1 is 1.04 bits per heavy atom. The third-order valence-corrected chi connectivity index (χ3v) is 4.86. The zero-order chi connectivity index (χ0) is 20.3. The molecule has 0 atom stereocenters. The molecule has 0 bridgehead atoms. The number of benzene rings is 2. The number of amides is 2. The Labute approximate surface area is 165 Å². The first-order chi connectivity index (χ1) is 13.3. The monoisotopic (exact) mass is 382 g/mol. The molecule has 3 rings (SSSR count). The lowest BCUT2D eigenvalue weighted by Crippen LogP contribution is -2.45. The number of rotatable bonds is 6. The molecule has 0 aliphatic carbocycles. The number of hydrogen-bond donors (Lipinski definition) is 2. The number of ether oxygens (including phenoxy) is 2. The number of anilines is 1. The summed E-state index contributed by atoms with van der Waals surface area (Å²) < 4.78 is 10.6. The molecule has 0 unspecified atom stereocenters. The number of fused-ring (bicyclic) bond motifs is 1. The summed E-state index contributed by atoms with van der Waals surface area (Å²) in [7, 11) is 0. The van der Waals surface area contributed by atoms with E-state index in [9.17, 15) is 9.59 Å². The van der Waals surface area contributed by atoms with Gasteiger partial charge in [-0.15, -0.1) is 0 Å². The summed E-state index contributed by atoms with van der Waals surface area (Å²) in [4.78, 5) is 25.5. The minimum atomic E-state index is -1.22. The highest BCUT2D eigenvalue weighted by atomic mass is 16.7. The fourth-order valence-electron chi connectivity index (χ4n) is 2.95.